The van der Waals surface area contributed by atoms with Crippen molar-refractivity contribution in [3.05, 3.63) is 33.2 Å². The largest absolute Gasteiger partial charge is 0.373 e. The van der Waals surface area contributed by atoms with Crippen molar-refractivity contribution in [2.75, 3.05) is 18.9 Å². The molecule has 0 saturated carbocycles. The van der Waals surface area contributed by atoms with Crippen LogP contribution in [0.4, 0.5) is 5.82 Å². The van der Waals surface area contributed by atoms with Gasteiger partial charge in [-0.2, -0.15) is 0 Å². The number of aromatic nitrogens is 3. The van der Waals surface area contributed by atoms with E-state index >= 15 is 0 Å². The molecule has 0 aliphatic carbocycles. The summed E-state index contributed by atoms with van der Waals surface area (Å²) in [5.74, 6) is 1.45. The first-order chi connectivity index (χ1) is 11.3. The van der Waals surface area contributed by atoms with E-state index in [9.17, 15) is 4.79 Å². The molecule has 0 bridgehead atoms. The van der Waals surface area contributed by atoms with E-state index in [2.05, 4.69) is 27.2 Å². The highest BCUT2D eigenvalue weighted by atomic mass is 32.1. The number of aryl methyl sites for hydroxylation is 3. The Kier molecular flexibility index (Phi) is 4.29. The highest BCUT2D eigenvalue weighted by Gasteiger charge is 2.44. The van der Waals surface area contributed by atoms with Crippen LogP contribution in [0.3, 0.4) is 0 Å². The molecule has 1 amide bonds. The Labute approximate surface area is 146 Å². The molecule has 2 aromatic heterocycles. The van der Waals surface area contributed by atoms with Crippen molar-refractivity contribution in [2.24, 2.45) is 0 Å². The summed E-state index contributed by atoms with van der Waals surface area (Å²) in [7, 11) is 1.84. The summed E-state index contributed by atoms with van der Waals surface area (Å²) in [6, 6.07) is 1.90. The second-order valence-corrected chi connectivity index (χ2v) is 7.85. The monoisotopic (exact) mass is 345 g/mol. The van der Waals surface area contributed by atoms with Gasteiger partial charge >= 0.3 is 0 Å². The van der Waals surface area contributed by atoms with E-state index in [1.165, 1.54) is 0 Å². The summed E-state index contributed by atoms with van der Waals surface area (Å²) >= 11 is 1.56. The third kappa shape index (κ3) is 2.77. The van der Waals surface area contributed by atoms with E-state index in [0.29, 0.717) is 18.1 Å². The molecule has 1 atom stereocenters. The van der Waals surface area contributed by atoms with E-state index < -0.39 is 5.54 Å². The van der Waals surface area contributed by atoms with Crippen LogP contribution in [0.5, 0.6) is 0 Å². The lowest BCUT2D eigenvalue weighted by atomic mass is 9.97. The first kappa shape index (κ1) is 16.8. The quantitative estimate of drug-likeness (QED) is 0.926. The molecule has 24 heavy (non-hydrogen) atoms. The Bertz CT molecular complexity index is 787. The van der Waals surface area contributed by atoms with Gasteiger partial charge in [-0.05, 0) is 40.5 Å². The molecular formula is C17H23N5OS. The summed E-state index contributed by atoms with van der Waals surface area (Å²) in [5, 5.41) is 3.99. The Morgan fingerprint density at radius 1 is 1.29 bits per heavy atom. The van der Waals surface area contributed by atoms with Gasteiger partial charge in [-0.25, -0.2) is 15.0 Å². The Balaban J connectivity index is 2.01. The summed E-state index contributed by atoms with van der Waals surface area (Å²) in [6.07, 6.45) is 1.80. The van der Waals surface area contributed by atoms with Gasteiger partial charge < -0.3 is 10.2 Å². The zero-order chi connectivity index (χ0) is 17.5. The number of nitrogens with zero attached hydrogens (tertiary/aromatic N) is 4. The van der Waals surface area contributed by atoms with Crippen LogP contribution >= 0.6 is 11.3 Å². The molecule has 2 aromatic rings. The van der Waals surface area contributed by atoms with Crippen LogP contribution in [0.15, 0.2) is 6.07 Å². The molecule has 1 saturated heterocycles. The molecule has 6 nitrogen and oxygen atoms in total. The third-order valence-corrected chi connectivity index (χ3v) is 5.47. The fourth-order valence-electron chi connectivity index (χ4n) is 3.31. The Morgan fingerprint density at radius 3 is 2.67 bits per heavy atom. The minimum atomic E-state index is -0.501. The van der Waals surface area contributed by atoms with Gasteiger partial charge in [-0.1, -0.05) is 0 Å². The number of hydrogen-bond donors (Lipinski definition) is 1. The van der Waals surface area contributed by atoms with Gasteiger partial charge in [0.2, 0.25) is 0 Å². The summed E-state index contributed by atoms with van der Waals surface area (Å²) in [5.41, 5.74) is 0.955. The maximum absolute atomic E-state index is 13.1. The van der Waals surface area contributed by atoms with Gasteiger partial charge in [-0.3, -0.25) is 4.79 Å². The van der Waals surface area contributed by atoms with Crippen LogP contribution in [0.2, 0.25) is 0 Å². The lowest BCUT2D eigenvalue weighted by Crippen LogP contribution is -2.44. The normalized spacial score (nSPS) is 20.5. The van der Waals surface area contributed by atoms with Gasteiger partial charge in [-0.15, -0.1) is 11.3 Å². The fraction of sp³-hybridized carbons (Fsp3) is 0.529. The van der Waals surface area contributed by atoms with Gasteiger partial charge in [0.15, 0.2) is 5.82 Å². The maximum atomic E-state index is 13.1. The van der Waals surface area contributed by atoms with Gasteiger partial charge in [0.05, 0.1) is 5.01 Å². The van der Waals surface area contributed by atoms with E-state index in [4.69, 9.17) is 0 Å². The molecule has 3 rings (SSSR count). The number of carbonyl (C=O) groups excluding carboxylic acids is 1. The van der Waals surface area contributed by atoms with Crippen LogP contribution < -0.4 is 5.32 Å². The number of rotatable bonds is 3. The average molecular weight is 345 g/mol. The minimum absolute atomic E-state index is 0.0204. The molecule has 0 aromatic carbocycles. The molecule has 7 heteroatoms. The molecule has 1 fully saturated rings. The van der Waals surface area contributed by atoms with Crippen LogP contribution in [0.1, 0.15) is 51.7 Å². The van der Waals surface area contributed by atoms with Crippen molar-refractivity contribution in [1.29, 1.82) is 0 Å². The highest BCUT2D eigenvalue weighted by Crippen LogP contribution is 2.38. The van der Waals surface area contributed by atoms with E-state index in [1.54, 1.807) is 11.3 Å². The molecule has 128 valence electrons. The molecule has 0 unspecified atom stereocenters. The van der Waals surface area contributed by atoms with Crippen LogP contribution in [0, 0.1) is 20.8 Å². The van der Waals surface area contributed by atoms with Gasteiger partial charge in [0, 0.05) is 30.2 Å². The minimum Gasteiger partial charge on any atom is -0.373 e. The standard InChI is InChI=1S/C17H23N5OS/c1-10-9-13(18-5)21-16(19-10)17(4)7-6-8-22(17)15(23)14-11(2)24-12(3)20-14/h9H,6-8H2,1-5H3,(H,18,19,21)/t17-/m1/s1. The van der Waals surface area contributed by atoms with Gasteiger partial charge in [0.1, 0.15) is 17.1 Å². The van der Waals surface area contributed by atoms with Crippen molar-refractivity contribution >= 4 is 23.1 Å². The van der Waals surface area contributed by atoms with Crippen LogP contribution in [-0.4, -0.2) is 39.4 Å². The Morgan fingerprint density at radius 2 is 2.04 bits per heavy atom. The molecular weight excluding hydrogens is 322 g/mol. The van der Waals surface area contributed by atoms with Crippen LogP contribution in [-0.2, 0) is 5.54 Å². The number of carbonyl (C=O) groups is 1. The molecule has 0 spiro atoms. The zero-order valence-corrected chi connectivity index (χ0v) is 15.6. The highest BCUT2D eigenvalue weighted by molar-refractivity contribution is 7.11. The van der Waals surface area contributed by atoms with Gasteiger partial charge in [0.25, 0.3) is 5.91 Å². The van der Waals surface area contributed by atoms with Crippen molar-refractivity contribution in [2.45, 2.75) is 46.1 Å². The van der Waals surface area contributed by atoms with Crippen molar-refractivity contribution in [3.8, 4) is 0 Å². The second kappa shape index (κ2) is 6.12. The molecule has 1 N–H and O–H groups in total. The number of likely N-dealkylation sites (tertiary alicyclic amines) is 1. The number of amides is 1. The number of nitrogens with one attached hydrogen (secondary N) is 1. The summed E-state index contributed by atoms with van der Waals surface area (Å²) < 4.78 is 0. The van der Waals surface area contributed by atoms with Crippen molar-refractivity contribution < 1.29 is 4.79 Å². The second-order valence-electron chi connectivity index (χ2n) is 6.44. The molecule has 1 aliphatic heterocycles. The summed E-state index contributed by atoms with van der Waals surface area (Å²) in [6.45, 7) is 8.59. The van der Waals surface area contributed by atoms with E-state index in [1.807, 2.05) is 38.8 Å². The predicted octanol–water partition coefficient (Wildman–Crippen LogP) is 3.05. The Hall–Kier alpha value is -2.02. The SMILES string of the molecule is CNc1cc(C)nc([C@@]2(C)CCCN2C(=O)c2nc(C)sc2C)n1. The summed E-state index contributed by atoms with van der Waals surface area (Å²) in [4.78, 5) is 29.7. The maximum Gasteiger partial charge on any atom is 0.274 e. The molecule has 1 aliphatic rings. The first-order valence-electron chi connectivity index (χ1n) is 8.15. The third-order valence-electron chi connectivity index (χ3n) is 4.58. The number of thiazole rings is 1. The number of hydrogen-bond acceptors (Lipinski definition) is 6. The predicted molar refractivity (Wildman–Crippen MR) is 95.5 cm³/mol. The average Bonchev–Trinajstić information content (AvgIpc) is 3.09. The number of anilines is 1. The lowest BCUT2D eigenvalue weighted by Gasteiger charge is -2.34. The molecule has 0 radical (unpaired) electrons. The smallest absolute Gasteiger partial charge is 0.274 e. The topological polar surface area (TPSA) is 71.0 Å². The van der Waals surface area contributed by atoms with E-state index in [0.717, 1.165) is 34.2 Å². The first-order valence-corrected chi connectivity index (χ1v) is 8.96. The van der Waals surface area contributed by atoms with Crippen molar-refractivity contribution in [1.82, 2.24) is 19.9 Å². The van der Waals surface area contributed by atoms with Crippen LogP contribution in [0.25, 0.3) is 0 Å². The zero-order valence-electron chi connectivity index (χ0n) is 14.8. The van der Waals surface area contributed by atoms with E-state index in [-0.39, 0.29) is 5.91 Å². The lowest BCUT2D eigenvalue weighted by molar-refractivity contribution is 0.0597. The van der Waals surface area contributed by atoms with Crippen molar-refractivity contribution in [3.63, 3.8) is 0 Å². The fourth-order valence-corrected chi connectivity index (χ4v) is 4.12. The molecule has 3 heterocycles.